The Kier molecular flexibility index (Phi) is 9.08. The monoisotopic (exact) mass is 489 g/mol. The number of methoxy groups -OCH3 is 2. The Labute approximate surface area is 200 Å². The molecule has 8 nitrogen and oxygen atoms in total. The minimum Gasteiger partial charge on any atom is -0.493 e. The van der Waals surface area contributed by atoms with Crippen LogP contribution in [-0.2, 0) is 20.9 Å². The van der Waals surface area contributed by atoms with Gasteiger partial charge < -0.3 is 24.8 Å². The second-order valence-electron chi connectivity index (χ2n) is 7.11. The number of thiazole rings is 1. The highest BCUT2D eigenvalue weighted by molar-refractivity contribution is 7.16. The fourth-order valence-electron chi connectivity index (χ4n) is 2.93. The van der Waals surface area contributed by atoms with Crippen LogP contribution in [0.4, 0.5) is 5.13 Å². The van der Waals surface area contributed by atoms with Gasteiger partial charge in [0.2, 0.25) is 0 Å². The van der Waals surface area contributed by atoms with E-state index in [0.717, 1.165) is 21.3 Å². The van der Waals surface area contributed by atoms with Crippen LogP contribution in [0.25, 0.3) is 10.6 Å². The van der Waals surface area contributed by atoms with E-state index in [9.17, 15) is 9.59 Å². The predicted octanol–water partition coefficient (Wildman–Crippen LogP) is 4.25. The van der Waals surface area contributed by atoms with Crippen molar-refractivity contribution in [1.29, 1.82) is 0 Å². The van der Waals surface area contributed by atoms with Crippen molar-refractivity contribution in [2.45, 2.75) is 26.3 Å². The van der Waals surface area contributed by atoms with Crippen LogP contribution >= 0.6 is 22.7 Å². The average molecular weight is 490 g/mol. The largest absolute Gasteiger partial charge is 0.493 e. The minimum atomic E-state index is -0.410. The van der Waals surface area contributed by atoms with Crippen molar-refractivity contribution in [1.82, 2.24) is 10.3 Å². The smallest absolute Gasteiger partial charge is 0.306 e. The number of carbonyl (C=O) groups excluding carboxylic acids is 2. The molecule has 0 aliphatic heterocycles. The average Bonchev–Trinajstić information content (AvgIpc) is 3.47. The molecule has 2 heterocycles. The maximum absolute atomic E-state index is 12.0. The number of hydrogen-bond donors (Lipinski definition) is 2. The number of benzene rings is 1. The fraction of sp³-hybridized carbons (Fsp3) is 0.348. The van der Waals surface area contributed by atoms with Crippen molar-refractivity contribution in [2.24, 2.45) is 0 Å². The Morgan fingerprint density at radius 2 is 1.91 bits per heavy atom. The summed E-state index contributed by atoms with van der Waals surface area (Å²) < 4.78 is 15.5. The lowest BCUT2D eigenvalue weighted by atomic mass is 10.2. The van der Waals surface area contributed by atoms with Crippen LogP contribution in [0.2, 0.25) is 0 Å². The molecule has 0 aliphatic rings. The number of nitrogens with zero attached hydrogens (tertiary/aromatic N) is 1. The summed E-state index contributed by atoms with van der Waals surface area (Å²) in [6.45, 7) is 2.65. The number of thiophene rings is 1. The molecule has 3 aromatic rings. The molecule has 1 amide bonds. The number of aromatic nitrogens is 1. The highest BCUT2D eigenvalue weighted by atomic mass is 32.1. The molecule has 2 N–H and O–H groups in total. The van der Waals surface area contributed by atoms with Gasteiger partial charge in [-0.15, -0.1) is 22.7 Å². The molecular weight excluding hydrogens is 462 g/mol. The van der Waals surface area contributed by atoms with E-state index in [-0.39, 0.29) is 18.9 Å². The maximum atomic E-state index is 12.0. The number of rotatable bonds is 12. The van der Waals surface area contributed by atoms with E-state index in [1.54, 1.807) is 37.7 Å². The van der Waals surface area contributed by atoms with Gasteiger partial charge in [0.15, 0.2) is 23.2 Å². The van der Waals surface area contributed by atoms with E-state index in [2.05, 4.69) is 34.7 Å². The molecule has 0 saturated carbocycles. The fourth-order valence-corrected chi connectivity index (χ4v) is 4.57. The number of nitrogens with one attached hydrogen (secondary N) is 2. The molecule has 0 radical (unpaired) electrons. The highest BCUT2D eigenvalue weighted by Gasteiger charge is 2.10. The second-order valence-corrected chi connectivity index (χ2v) is 9.25. The lowest BCUT2D eigenvalue weighted by Crippen LogP contribution is -2.28. The maximum Gasteiger partial charge on any atom is 0.306 e. The highest BCUT2D eigenvalue weighted by Crippen LogP contribution is 2.30. The molecule has 0 bridgehead atoms. The third-order valence-corrected chi connectivity index (χ3v) is 6.46. The summed E-state index contributed by atoms with van der Waals surface area (Å²) in [4.78, 5) is 30.8. The lowest BCUT2D eigenvalue weighted by Gasteiger charge is -2.10. The summed E-state index contributed by atoms with van der Waals surface area (Å²) in [5.74, 6) is 0.422. The molecular formula is C23H27N3O5S2. The van der Waals surface area contributed by atoms with E-state index >= 15 is 0 Å². The Hall–Kier alpha value is -3.11. The summed E-state index contributed by atoms with van der Waals surface area (Å²) in [5.41, 5.74) is 1.80. The van der Waals surface area contributed by atoms with Crippen LogP contribution in [0.5, 0.6) is 11.5 Å². The van der Waals surface area contributed by atoms with E-state index < -0.39 is 5.97 Å². The number of anilines is 1. The molecule has 33 heavy (non-hydrogen) atoms. The first-order valence-electron chi connectivity index (χ1n) is 10.4. The van der Waals surface area contributed by atoms with Gasteiger partial charge in [-0.3, -0.25) is 9.59 Å². The van der Waals surface area contributed by atoms with Crippen molar-refractivity contribution in [3.8, 4) is 22.1 Å². The Morgan fingerprint density at radius 1 is 1.09 bits per heavy atom. The minimum absolute atomic E-state index is 0.221. The third-order valence-electron chi connectivity index (χ3n) is 4.63. The normalized spacial score (nSPS) is 10.5. The molecule has 0 unspecified atom stereocenters. The SMILES string of the molecule is COc1ccc(CNC(=O)COC(=O)CCCNc2nc(-c3ccc(C)s3)cs2)cc1OC. The van der Waals surface area contributed by atoms with E-state index in [4.69, 9.17) is 14.2 Å². The summed E-state index contributed by atoms with van der Waals surface area (Å²) in [5, 5.41) is 8.78. The lowest BCUT2D eigenvalue weighted by molar-refractivity contribution is -0.148. The molecule has 2 aromatic heterocycles. The number of carbonyl (C=O) groups is 2. The Balaban J connectivity index is 1.30. The summed E-state index contributed by atoms with van der Waals surface area (Å²) >= 11 is 3.25. The summed E-state index contributed by atoms with van der Waals surface area (Å²) in [6.07, 6.45) is 0.803. The van der Waals surface area contributed by atoms with Crippen molar-refractivity contribution in [2.75, 3.05) is 32.7 Å². The summed E-state index contributed by atoms with van der Waals surface area (Å²) in [7, 11) is 3.11. The Morgan fingerprint density at radius 3 is 2.64 bits per heavy atom. The van der Waals surface area contributed by atoms with E-state index in [0.29, 0.717) is 31.0 Å². The quantitative estimate of drug-likeness (QED) is 0.290. The zero-order valence-electron chi connectivity index (χ0n) is 18.8. The number of amides is 1. The van der Waals surface area contributed by atoms with Gasteiger partial charge in [-0.25, -0.2) is 4.98 Å². The molecule has 0 fully saturated rings. The number of aryl methyl sites for hydroxylation is 1. The summed E-state index contributed by atoms with van der Waals surface area (Å²) in [6, 6.07) is 9.52. The molecule has 3 rings (SSSR count). The first kappa shape index (κ1) is 24.5. The standard InChI is InChI=1S/C23H27N3O5S2/c1-15-6-9-20(33-15)17-14-32-23(26-17)24-10-4-5-22(28)31-13-21(27)25-12-16-7-8-18(29-2)19(11-16)30-3/h6-9,11,14H,4-5,10,12-13H2,1-3H3,(H,24,26)(H,25,27). The first-order valence-corrected chi connectivity index (χ1v) is 12.1. The van der Waals surface area contributed by atoms with Gasteiger partial charge in [-0.05, 0) is 43.2 Å². The van der Waals surface area contributed by atoms with Gasteiger partial charge >= 0.3 is 5.97 Å². The predicted molar refractivity (Wildman–Crippen MR) is 130 cm³/mol. The zero-order chi connectivity index (χ0) is 23.6. The molecule has 0 spiro atoms. The van der Waals surface area contributed by atoms with Crippen LogP contribution in [0.3, 0.4) is 0 Å². The van der Waals surface area contributed by atoms with Crippen LogP contribution in [0.1, 0.15) is 23.3 Å². The molecule has 0 atom stereocenters. The van der Waals surface area contributed by atoms with Gasteiger partial charge in [0.05, 0.1) is 24.8 Å². The number of esters is 1. The van der Waals surface area contributed by atoms with Gasteiger partial charge in [0.1, 0.15) is 0 Å². The zero-order valence-corrected chi connectivity index (χ0v) is 20.4. The van der Waals surface area contributed by atoms with Crippen LogP contribution in [0, 0.1) is 6.92 Å². The van der Waals surface area contributed by atoms with E-state index in [1.807, 2.05) is 11.4 Å². The van der Waals surface area contributed by atoms with Gasteiger partial charge in [0.25, 0.3) is 5.91 Å². The molecule has 10 heteroatoms. The molecule has 0 aliphatic carbocycles. The second kappa shape index (κ2) is 12.2. The van der Waals surface area contributed by atoms with Gasteiger partial charge in [-0.2, -0.15) is 0 Å². The molecule has 1 aromatic carbocycles. The van der Waals surface area contributed by atoms with Crippen molar-refractivity contribution >= 4 is 39.7 Å². The molecule has 0 saturated heterocycles. The number of ether oxygens (including phenoxy) is 3. The Bertz CT molecular complexity index is 1080. The third kappa shape index (κ3) is 7.47. The van der Waals surface area contributed by atoms with Crippen molar-refractivity contribution < 1.29 is 23.8 Å². The first-order chi connectivity index (χ1) is 16.0. The van der Waals surface area contributed by atoms with Crippen molar-refractivity contribution in [3.05, 3.63) is 46.2 Å². The molecule has 176 valence electrons. The number of hydrogen-bond acceptors (Lipinski definition) is 9. The van der Waals surface area contributed by atoms with Crippen LogP contribution in [0.15, 0.2) is 35.7 Å². The van der Waals surface area contributed by atoms with Gasteiger partial charge in [0, 0.05) is 29.8 Å². The topological polar surface area (TPSA) is 98.8 Å². The van der Waals surface area contributed by atoms with Crippen LogP contribution in [-0.4, -0.2) is 44.2 Å². The van der Waals surface area contributed by atoms with Crippen molar-refractivity contribution in [3.63, 3.8) is 0 Å². The van der Waals surface area contributed by atoms with Crippen LogP contribution < -0.4 is 20.1 Å². The van der Waals surface area contributed by atoms with Gasteiger partial charge in [-0.1, -0.05) is 6.07 Å². The van der Waals surface area contributed by atoms with E-state index in [1.165, 1.54) is 16.2 Å².